The number of morpholine rings is 1. The quantitative estimate of drug-likeness (QED) is 0.159. The average molecular weight is 718 g/mol. The van der Waals surface area contributed by atoms with Gasteiger partial charge in [0.05, 0.1) is 18.2 Å². The van der Waals surface area contributed by atoms with Crippen molar-refractivity contribution in [2.75, 3.05) is 45.9 Å². The summed E-state index contributed by atoms with van der Waals surface area (Å²) < 4.78 is 29.9. The van der Waals surface area contributed by atoms with Crippen molar-refractivity contribution in [3.05, 3.63) is 140 Å². The maximum Gasteiger partial charge on any atom is 0.363 e. The summed E-state index contributed by atoms with van der Waals surface area (Å²) in [7, 11) is 0. The Balaban J connectivity index is 1.24. The molecule has 1 unspecified atom stereocenters. The van der Waals surface area contributed by atoms with E-state index in [9.17, 15) is 14.2 Å². The van der Waals surface area contributed by atoms with Gasteiger partial charge in [-0.1, -0.05) is 91.0 Å². The van der Waals surface area contributed by atoms with Gasteiger partial charge in [0.2, 0.25) is 0 Å². The van der Waals surface area contributed by atoms with E-state index in [0.29, 0.717) is 37.8 Å². The van der Waals surface area contributed by atoms with Crippen LogP contribution in [0.25, 0.3) is 0 Å². The third-order valence-corrected chi connectivity index (χ3v) is 13.0. The van der Waals surface area contributed by atoms with Crippen LogP contribution in [0.15, 0.2) is 107 Å². The highest BCUT2D eigenvalue weighted by atomic mass is 35.7. The fourth-order valence-corrected chi connectivity index (χ4v) is 9.89. The van der Waals surface area contributed by atoms with Gasteiger partial charge < -0.3 is 14.2 Å². The number of nitrogens with zero attached hydrogens (tertiary/aromatic N) is 4. The molecule has 0 radical (unpaired) electrons. The zero-order valence-corrected chi connectivity index (χ0v) is 30.1. The molecule has 3 aliphatic rings. The van der Waals surface area contributed by atoms with Crippen LogP contribution < -0.4 is 11.2 Å². The summed E-state index contributed by atoms with van der Waals surface area (Å²) in [5.74, 6) is 0. The first kappa shape index (κ1) is 35.1. The van der Waals surface area contributed by atoms with Gasteiger partial charge in [-0.05, 0) is 73.6 Å². The van der Waals surface area contributed by atoms with Crippen LogP contribution in [-0.4, -0.2) is 82.0 Å². The second-order valence-electron chi connectivity index (χ2n) is 13.6. The Labute approximate surface area is 297 Å². The van der Waals surface area contributed by atoms with Crippen molar-refractivity contribution in [1.29, 1.82) is 0 Å². The number of hydrogen-bond acceptors (Lipinski definition) is 7. The largest absolute Gasteiger partial charge is 0.363 e. The SMILES string of the molecule is Cc1cn([C@H]2CN(C(c3ccccc3)(c3ccccc3)c3ccccc3)C[C@@H](COP(=O)(Cl)N3CCC(N4CCCC4)CC3)O2)c(=O)[nH]c1=O. The molecule has 10 nitrogen and oxygen atoms in total. The Morgan fingerprint density at radius 2 is 1.38 bits per heavy atom. The molecule has 3 aromatic carbocycles. The highest BCUT2D eigenvalue weighted by molar-refractivity contribution is 7.83. The second-order valence-corrected chi connectivity index (χ2v) is 16.6. The molecule has 4 aromatic rings. The van der Waals surface area contributed by atoms with Crippen molar-refractivity contribution in [2.45, 2.75) is 56.5 Å². The zero-order valence-electron chi connectivity index (χ0n) is 28.4. The monoisotopic (exact) mass is 717 g/mol. The number of halogens is 1. The standard InChI is InChI=1S/C38H45ClN5O5P/c1-29-25-44(37(46)40-36(29)45)35-27-42(26-34(49-35)28-48-50(39,47)43-23-19-33(20-24-43)41-21-11-12-22-41)38(30-13-5-2-6-14-30,31-15-7-3-8-16-31)32-17-9-4-10-18-32/h2-10,13-18,25,33-35H,11-12,19-24,26-28H2,1H3,(H,40,45,46)/t34-,35+,50?/m0/s1. The Hall–Kier alpha value is -3.34. The molecule has 1 N–H and O–H groups in total. The number of hydrogen-bond donors (Lipinski definition) is 1. The van der Waals surface area contributed by atoms with Crippen molar-refractivity contribution in [1.82, 2.24) is 24.0 Å². The molecule has 1 aromatic heterocycles. The fraction of sp³-hybridized carbons (Fsp3) is 0.421. The van der Waals surface area contributed by atoms with E-state index < -0.39 is 36.0 Å². The van der Waals surface area contributed by atoms with Gasteiger partial charge in [-0.25, -0.2) is 9.46 Å². The summed E-state index contributed by atoms with van der Waals surface area (Å²) in [4.78, 5) is 33.0. The fourth-order valence-electron chi connectivity index (χ4n) is 8.04. The second kappa shape index (κ2) is 15.1. The predicted octanol–water partition coefficient (Wildman–Crippen LogP) is 5.96. The molecule has 0 aliphatic carbocycles. The highest BCUT2D eigenvalue weighted by Crippen LogP contribution is 2.57. The number of aromatic nitrogens is 2. The highest BCUT2D eigenvalue weighted by Gasteiger charge is 2.47. The van der Waals surface area contributed by atoms with Crippen LogP contribution in [-0.2, 0) is 19.4 Å². The van der Waals surface area contributed by atoms with E-state index in [4.69, 9.17) is 20.5 Å². The number of aryl methyl sites for hydroxylation is 1. The number of rotatable bonds is 10. The van der Waals surface area contributed by atoms with Gasteiger partial charge in [0, 0.05) is 44.0 Å². The zero-order chi connectivity index (χ0) is 34.7. The van der Waals surface area contributed by atoms with Gasteiger partial charge in [0.1, 0.15) is 0 Å². The maximum atomic E-state index is 14.0. The van der Waals surface area contributed by atoms with Gasteiger partial charge in [0.25, 0.3) is 5.56 Å². The number of nitrogens with one attached hydrogen (secondary N) is 1. The number of likely N-dealkylation sites (tertiary alicyclic amines) is 1. The Morgan fingerprint density at radius 3 is 1.92 bits per heavy atom. The van der Waals surface area contributed by atoms with Crippen LogP contribution in [0.2, 0.25) is 0 Å². The number of H-pyrrole nitrogens is 1. The van der Waals surface area contributed by atoms with Gasteiger partial charge >= 0.3 is 12.6 Å². The molecule has 0 bridgehead atoms. The molecule has 3 aliphatic heterocycles. The summed E-state index contributed by atoms with van der Waals surface area (Å²) in [6, 6.07) is 31.4. The third-order valence-electron chi connectivity index (χ3n) is 10.5. The molecule has 3 saturated heterocycles. The molecule has 0 spiro atoms. The number of benzene rings is 3. The minimum atomic E-state index is -3.67. The normalized spacial score (nSPS) is 22.8. The first-order valence-electron chi connectivity index (χ1n) is 17.6. The van der Waals surface area contributed by atoms with Crippen LogP contribution in [0.1, 0.15) is 54.2 Å². The van der Waals surface area contributed by atoms with E-state index in [0.717, 1.165) is 42.6 Å². The van der Waals surface area contributed by atoms with Crippen LogP contribution in [0.4, 0.5) is 0 Å². The third kappa shape index (κ3) is 7.08. The van der Waals surface area contributed by atoms with Crippen LogP contribution in [0, 0.1) is 6.92 Å². The smallest absolute Gasteiger partial charge is 0.350 e. The van der Waals surface area contributed by atoms with Crippen molar-refractivity contribution < 1.29 is 13.8 Å². The number of aromatic amines is 1. The van der Waals surface area contributed by atoms with Gasteiger partial charge in [-0.15, -0.1) is 0 Å². The minimum Gasteiger partial charge on any atom is -0.350 e. The van der Waals surface area contributed by atoms with E-state index in [1.165, 1.54) is 17.4 Å². The molecule has 4 heterocycles. The van der Waals surface area contributed by atoms with Gasteiger partial charge in [-0.2, -0.15) is 0 Å². The molecule has 12 heteroatoms. The van der Waals surface area contributed by atoms with E-state index in [-0.39, 0.29) is 6.61 Å². The average Bonchev–Trinajstić information content (AvgIpc) is 3.70. The molecule has 7 rings (SSSR count). The van der Waals surface area contributed by atoms with Crippen LogP contribution in [0.3, 0.4) is 0 Å². The molecule has 50 heavy (non-hydrogen) atoms. The Bertz CT molecular complexity index is 1800. The molecule has 264 valence electrons. The molecule has 3 atom stereocenters. The molecule has 3 fully saturated rings. The molecular weight excluding hydrogens is 673 g/mol. The van der Waals surface area contributed by atoms with E-state index >= 15 is 0 Å². The predicted molar refractivity (Wildman–Crippen MR) is 196 cm³/mol. The summed E-state index contributed by atoms with van der Waals surface area (Å²) in [6.07, 6.45) is 4.39. The molecule has 0 saturated carbocycles. The van der Waals surface area contributed by atoms with E-state index in [1.807, 2.05) is 54.6 Å². The van der Waals surface area contributed by atoms with Crippen molar-refractivity contribution >= 4 is 18.1 Å². The van der Waals surface area contributed by atoms with Gasteiger partial charge in [-0.3, -0.25) is 23.8 Å². The van der Waals surface area contributed by atoms with Crippen molar-refractivity contribution in [3.8, 4) is 0 Å². The Kier molecular flexibility index (Phi) is 10.6. The molecular formula is C38H45ClN5O5P. The van der Waals surface area contributed by atoms with Crippen LogP contribution in [0.5, 0.6) is 0 Å². The van der Waals surface area contributed by atoms with Gasteiger partial charge in [0.15, 0.2) is 6.23 Å². The summed E-state index contributed by atoms with van der Waals surface area (Å²) in [6.45, 7) is 2.08. The minimum absolute atomic E-state index is 0.0502. The Morgan fingerprint density at radius 1 is 0.840 bits per heavy atom. The van der Waals surface area contributed by atoms with E-state index in [1.54, 1.807) is 17.8 Å². The number of piperidine rings is 1. The first-order valence-corrected chi connectivity index (χ1v) is 20.1. The summed E-state index contributed by atoms with van der Waals surface area (Å²) >= 11 is 6.75. The lowest BCUT2D eigenvalue weighted by atomic mass is 9.75. The van der Waals surface area contributed by atoms with Crippen molar-refractivity contribution in [3.63, 3.8) is 0 Å². The van der Waals surface area contributed by atoms with E-state index in [2.05, 4.69) is 51.2 Å². The summed E-state index contributed by atoms with van der Waals surface area (Å²) in [5, 5.41) is 0. The summed E-state index contributed by atoms with van der Waals surface area (Å²) in [5.41, 5.74) is 1.67. The van der Waals surface area contributed by atoms with Crippen LogP contribution >= 0.6 is 18.1 Å². The lowest BCUT2D eigenvalue weighted by molar-refractivity contribution is -0.148. The lowest BCUT2D eigenvalue weighted by Gasteiger charge is -2.50. The number of ether oxygens (including phenoxy) is 1. The first-order chi connectivity index (χ1) is 24.3. The maximum absolute atomic E-state index is 14.0. The van der Waals surface area contributed by atoms with Crippen molar-refractivity contribution in [2.24, 2.45) is 0 Å². The molecule has 0 amide bonds. The lowest BCUT2D eigenvalue weighted by Crippen LogP contribution is -2.58. The topological polar surface area (TPSA) is 100 Å².